The van der Waals surface area contributed by atoms with Crippen molar-refractivity contribution in [1.82, 2.24) is 0 Å². The first-order valence-electron chi connectivity index (χ1n) is 5.43. The molecule has 17 heavy (non-hydrogen) atoms. The number of hydrogen-bond donors (Lipinski definition) is 1. The number of benzene rings is 1. The second kappa shape index (κ2) is 5.10. The number of rotatable bonds is 4. The largest absolute Gasteiger partial charge is 0.478 e. The molecule has 0 saturated heterocycles. The summed E-state index contributed by atoms with van der Waals surface area (Å²) in [5.41, 5.74) is 1.61. The second-order valence-electron chi connectivity index (χ2n) is 4.14. The molecule has 0 aliphatic heterocycles. The molecule has 90 valence electrons. The van der Waals surface area contributed by atoms with Crippen LogP contribution in [0.25, 0.3) is 10.1 Å². The van der Waals surface area contributed by atoms with Gasteiger partial charge in [-0.1, -0.05) is 13.8 Å². The predicted molar refractivity (Wildman–Crippen MR) is 75.2 cm³/mol. The molecule has 0 aliphatic carbocycles. The molecule has 2 aromatic rings. The minimum Gasteiger partial charge on any atom is -0.478 e. The third-order valence-corrected chi connectivity index (χ3v) is 4.63. The number of fused-ring (bicyclic) bond motifs is 1. The maximum atomic E-state index is 10.9. The lowest BCUT2D eigenvalue weighted by molar-refractivity contribution is 0.0697. The molecular formula is C13H14O2S2. The minimum atomic E-state index is -0.861. The van der Waals surface area contributed by atoms with Gasteiger partial charge in [0, 0.05) is 10.5 Å². The van der Waals surface area contributed by atoms with Crippen LogP contribution in [0.15, 0.2) is 23.6 Å². The highest BCUT2D eigenvalue weighted by molar-refractivity contribution is 7.99. The van der Waals surface area contributed by atoms with E-state index in [0.29, 0.717) is 10.8 Å². The zero-order valence-corrected chi connectivity index (χ0v) is 11.4. The Morgan fingerprint density at radius 3 is 2.88 bits per heavy atom. The van der Waals surface area contributed by atoms with Gasteiger partial charge in [0.15, 0.2) is 0 Å². The molecule has 0 saturated carbocycles. The molecule has 1 aromatic heterocycles. The summed E-state index contributed by atoms with van der Waals surface area (Å²) in [5, 5.41) is 12.8. The Labute approximate surface area is 109 Å². The summed E-state index contributed by atoms with van der Waals surface area (Å²) in [4.78, 5) is 10.9. The van der Waals surface area contributed by atoms with Gasteiger partial charge in [0.1, 0.15) is 0 Å². The molecule has 4 heteroatoms. The van der Waals surface area contributed by atoms with Crippen LogP contribution in [0, 0.1) is 0 Å². The van der Waals surface area contributed by atoms with Crippen LogP contribution in [0.1, 0.15) is 29.8 Å². The zero-order valence-electron chi connectivity index (χ0n) is 9.77. The summed E-state index contributed by atoms with van der Waals surface area (Å²) in [5.74, 6) is 0.0846. The summed E-state index contributed by atoms with van der Waals surface area (Å²) in [6.07, 6.45) is 0. The lowest BCUT2D eigenvalue weighted by Gasteiger charge is -2.04. The van der Waals surface area contributed by atoms with Crippen LogP contribution in [0.4, 0.5) is 0 Å². The normalized spacial score (nSPS) is 11.2. The molecule has 1 N–H and O–H groups in total. The van der Waals surface area contributed by atoms with Crippen molar-refractivity contribution < 1.29 is 9.90 Å². The summed E-state index contributed by atoms with van der Waals surface area (Å²) < 4.78 is 1.16. The van der Waals surface area contributed by atoms with Gasteiger partial charge in [0.25, 0.3) is 0 Å². The van der Waals surface area contributed by atoms with E-state index in [2.05, 4.69) is 19.2 Å². The highest BCUT2D eigenvalue weighted by Gasteiger charge is 2.09. The molecule has 0 amide bonds. The van der Waals surface area contributed by atoms with Gasteiger partial charge in [-0.05, 0) is 39.8 Å². The molecule has 1 heterocycles. The van der Waals surface area contributed by atoms with Crippen LogP contribution < -0.4 is 0 Å². The number of carboxylic acid groups (broad SMARTS) is 1. The molecule has 1 aromatic carbocycles. The molecule has 0 unspecified atom stereocenters. The molecule has 0 spiro atoms. The van der Waals surface area contributed by atoms with E-state index in [-0.39, 0.29) is 0 Å². The quantitative estimate of drug-likeness (QED) is 0.899. The van der Waals surface area contributed by atoms with Crippen molar-refractivity contribution in [3.05, 3.63) is 34.7 Å². The number of carboxylic acids is 1. The van der Waals surface area contributed by atoms with Gasteiger partial charge in [-0.2, -0.15) is 11.8 Å². The van der Waals surface area contributed by atoms with E-state index in [4.69, 9.17) is 5.11 Å². The third-order valence-electron chi connectivity index (χ3n) is 2.47. The van der Waals surface area contributed by atoms with Gasteiger partial charge in [-0.3, -0.25) is 0 Å². The summed E-state index contributed by atoms with van der Waals surface area (Å²) in [6, 6.07) is 5.35. The second-order valence-corrected chi connectivity index (χ2v) is 6.61. The Hall–Kier alpha value is -1.00. The van der Waals surface area contributed by atoms with Gasteiger partial charge < -0.3 is 5.11 Å². The summed E-state index contributed by atoms with van der Waals surface area (Å²) in [7, 11) is 0. The minimum absolute atomic E-state index is 0.367. The fourth-order valence-electron chi connectivity index (χ4n) is 1.58. The van der Waals surface area contributed by atoms with Crippen molar-refractivity contribution >= 4 is 39.2 Å². The fraction of sp³-hybridized carbons (Fsp3) is 0.308. The van der Waals surface area contributed by atoms with Crippen molar-refractivity contribution in [2.75, 3.05) is 0 Å². The summed E-state index contributed by atoms with van der Waals surface area (Å²) in [6.45, 7) is 4.34. The number of thioether (sulfide) groups is 1. The first-order chi connectivity index (χ1) is 8.08. The van der Waals surface area contributed by atoms with Crippen molar-refractivity contribution in [2.45, 2.75) is 24.9 Å². The van der Waals surface area contributed by atoms with E-state index in [0.717, 1.165) is 15.8 Å². The van der Waals surface area contributed by atoms with Crippen molar-refractivity contribution in [1.29, 1.82) is 0 Å². The fourth-order valence-corrected chi connectivity index (χ4v) is 3.38. The molecule has 0 radical (unpaired) electrons. The van der Waals surface area contributed by atoms with E-state index in [1.54, 1.807) is 23.5 Å². The standard InChI is InChI=1S/C13H14O2S2/c1-8(2)16-6-10-7-17-12-4-3-9(13(14)15)5-11(10)12/h3-5,7-8H,6H2,1-2H3,(H,14,15). The van der Waals surface area contributed by atoms with Crippen molar-refractivity contribution in [2.24, 2.45) is 0 Å². The van der Waals surface area contributed by atoms with Gasteiger partial charge >= 0.3 is 5.97 Å². The average Bonchev–Trinajstić information content (AvgIpc) is 2.68. The third kappa shape index (κ3) is 2.82. The van der Waals surface area contributed by atoms with Gasteiger partial charge in [-0.15, -0.1) is 11.3 Å². The Morgan fingerprint density at radius 2 is 2.24 bits per heavy atom. The lowest BCUT2D eigenvalue weighted by atomic mass is 10.1. The lowest BCUT2D eigenvalue weighted by Crippen LogP contribution is -1.95. The topological polar surface area (TPSA) is 37.3 Å². The van der Waals surface area contributed by atoms with Crippen LogP contribution in [-0.2, 0) is 5.75 Å². The van der Waals surface area contributed by atoms with E-state index < -0.39 is 5.97 Å². The van der Waals surface area contributed by atoms with Crippen LogP contribution in [0.5, 0.6) is 0 Å². The SMILES string of the molecule is CC(C)SCc1csc2ccc(C(=O)O)cc12. The summed E-state index contributed by atoms with van der Waals surface area (Å²) >= 11 is 3.56. The maximum absolute atomic E-state index is 10.9. The van der Waals surface area contributed by atoms with E-state index >= 15 is 0 Å². The van der Waals surface area contributed by atoms with E-state index in [1.165, 1.54) is 5.56 Å². The van der Waals surface area contributed by atoms with Crippen molar-refractivity contribution in [3.8, 4) is 0 Å². The van der Waals surface area contributed by atoms with E-state index in [1.807, 2.05) is 17.8 Å². The van der Waals surface area contributed by atoms with Crippen molar-refractivity contribution in [3.63, 3.8) is 0 Å². The van der Waals surface area contributed by atoms with Crippen LogP contribution in [0.3, 0.4) is 0 Å². The first-order valence-corrected chi connectivity index (χ1v) is 7.36. The highest BCUT2D eigenvalue weighted by Crippen LogP contribution is 2.30. The van der Waals surface area contributed by atoms with Gasteiger partial charge in [0.2, 0.25) is 0 Å². The van der Waals surface area contributed by atoms with Crippen LogP contribution >= 0.6 is 23.1 Å². The van der Waals surface area contributed by atoms with Gasteiger partial charge in [0.05, 0.1) is 5.56 Å². The number of aromatic carboxylic acids is 1. The number of hydrogen-bond acceptors (Lipinski definition) is 3. The highest BCUT2D eigenvalue weighted by atomic mass is 32.2. The smallest absolute Gasteiger partial charge is 0.335 e. The van der Waals surface area contributed by atoms with Crippen LogP contribution in [0.2, 0.25) is 0 Å². The number of thiophene rings is 1. The van der Waals surface area contributed by atoms with Gasteiger partial charge in [-0.25, -0.2) is 4.79 Å². The number of carbonyl (C=O) groups is 1. The van der Waals surface area contributed by atoms with E-state index in [9.17, 15) is 4.79 Å². The van der Waals surface area contributed by atoms with Crippen LogP contribution in [-0.4, -0.2) is 16.3 Å². The molecule has 0 atom stereocenters. The molecule has 0 bridgehead atoms. The first kappa shape index (κ1) is 12.5. The Bertz CT molecular complexity index is 543. The Balaban J connectivity index is 2.36. The average molecular weight is 266 g/mol. The zero-order chi connectivity index (χ0) is 12.4. The molecule has 0 aliphatic rings. The predicted octanol–water partition coefficient (Wildman–Crippen LogP) is 4.24. The Morgan fingerprint density at radius 1 is 1.47 bits per heavy atom. The molecule has 0 fully saturated rings. The molecule has 2 nitrogen and oxygen atoms in total. The monoisotopic (exact) mass is 266 g/mol. The Kier molecular flexibility index (Phi) is 3.74. The maximum Gasteiger partial charge on any atom is 0.335 e. The molecule has 2 rings (SSSR count). The molecular weight excluding hydrogens is 252 g/mol.